The topological polar surface area (TPSA) is 64.6 Å². The van der Waals surface area contributed by atoms with Gasteiger partial charge in [-0.25, -0.2) is 4.79 Å². The number of carbonyl (C=O) groups is 2. The highest BCUT2D eigenvalue weighted by atomic mass is 35.5. The summed E-state index contributed by atoms with van der Waals surface area (Å²) >= 11 is 5.88. The highest BCUT2D eigenvalue weighted by molar-refractivity contribution is 6.30. The van der Waals surface area contributed by atoms with E-state index in [0.717, 1.165) is 5.56 Å². The van der Waals surface area contributed by atoms with E-state index < -0.39 is 17.3 Å². The van der Waals surface area contributed by atoms with Crippen molar-refractivity contribution in [2.24, 2.45) is 0 Å². The van der Waals surface area contributed by atoms with E-state index in [1.807, 2.05) is 38.1 Å². The normalized spacial score (nSPS) is 13.1. The molecule has 0 aliphatic carbocycles. The van der Waals surface area contributed by atoms with E-state index in [0.29, 0.717) is 11.4 Å². The Bertz CT molecular complexity index is 590. The molecule has 1 unspecified atom stereocenters. The lowest BCUT2D eigenvalue weighted by Crippen LogP contribution is -2.40. The van der Waals surface area contributed by atoms with Gasteiger partial charge in [-0.2, -0.15) is 0 Å². The first kappa shape index (κ1) is 21.3. The fraction of sp³-hybridized carbons (Fsp3) is 0.579. The molecule has 0 spiro atoms. The number of halogens is 1. The summed E-state index contributed by atoms with van der Waals surface area (Å²) in [6.07, 6.45) is 0.0980. The van der Waals surface area contributed by atoms with Gasteiger partial charge in [0.1, 0.15) is 11.2 Å². The van der Waals surface area contributed by atoms with Crippen molar-refractivity contribution in [1.82, 2.24) is 5.32 Å². The summed E-state index contributed by atoms with van der Waals surface area (Å²) in [6.45, 7) is 10.8. The van der Waals surface area contributed by atoms with Crippen molar-refractivity contribution in [3.8, 4) is 0 Å². The minimum atomic E-state index is -0.656. The van der Waals surface area contributed by atoms with Crippen molar-refractivity contribution >= 4 is 23.7 Å². The fourth-order valence-corrected chi connectivity index (χ4v) is 2.42. The molecule has 0 aliphatic heterocycles. The summed E-state index contributed by atoms with van der Waals surface area (Å²) in [7, 11) is 0. The Morgan fingerprint density at radius 3 is 2.16 bits per heavy atom. The van der Waals surface area contributed by atoms with Crippen LogP contribution in [0.4, 0.5) is 4.79 Å². The zero-order chi connectivity index (χ0) is 19.3. The quantitative estimate of drug-likeness (QED) is 0.749. The van der Waals surface area contributed by atoms with Gasteiger partial charge in [-0.3, -0.25) is 4.79 Å². The van der Waals surface area contributed by atoms with Crippen LogP contribution in [0.15, 0.2) is 24.3 Å². The molecule has 1 aromatic rings. The molecule has 1 atom stereocenters. The van der Waals surface area contributed by atoms with Crippen molar-refractivity contribution < 1.29 is 19.1 Å². The largest absolute Gasteiger partial charge is 0.459 e. The first-order valence-electron chi connectivity index (χ1n) is 8.32. The molecule has 0 saturated carbocycles. The Kier molecular flexibility index (Phi) is 7.29. The van der Waals surface area contributed by atoms with E-state index >= 15 is 0 Å². The molecule has 0 saturated heterocycles. The van der Waals surface area contributed by atoms with Crippen LogP contribution in [0.2, 0.25) is 5.02 Å². The van der Waals surface area contributed by atoms with Crippen LogP contribution in [0.1, 0.15) is 53.5 Å². The predicted molar refractivity (Wildman–Crippen MR) is 98.8 cm³/mol. The first-order valence-corrected chi connectivity index (χ1v) is 8.70. The lowest BCUT2D eigenvalue weighted by molar-refractivity contribution is -0.156. The average molecular weight is 370 g/mol. The van der Waals surface area contributed by atoms with Gasteiger partial charge in [-0.05, 0) is 59.2 Å². The smallest absolute Gasteiger partial charge is 0.407 e. The molecule has 1 aromatic carbocycles. The molecule has 1 N–H and O–H groups in total. The molecule has 1 amide bonds. The van der Waals surface area contributed by atoms with Crippen molar-refractivity contribution in [1.29, 1.82) is 0 Å². The van der Waals surface area contributed by atoms with Crippen LogP contribution in [0, 0.1) is 0 Å². The van der Waals surface area contributed by atoms with E-state index in [4.69, 9.17) is 21.1 Å². The number of rotatable bonds is 6. The molecule has 0 fully saturated rings. The molecule has 140 valence electrons. The third-order valence-electron chi connectivity index (χ3n) is 3.17. The standard InChI is InChI=1S/C19H28ClNO4/c1-13(21-17(23)25-18(2,3)4)11-16(22)24-19(5,6)12-14-7-9-15(20)10-8-14/h7-10,13H,11-12H2,1-6H3,(H,21,23). The molecule has 0 radical (unpaired) electrons. The van der Waals surface area contributed by atoms with Crippen LogP contribution >= 0.6 is 11.6 Å². The van der Waals surface area contributed by atoms with Gasteiger partial charge in [0.15, 0.2) is 0 Å². The van der Waals surface area contributed by atoms with E-state index in [9.17, 15) is 9.59 Å². The lowest BCUT2D eigenvalue weighted by atomic mass is 9.98. The van der Waals surface area contributed by atoms with E-state index in [1.54, 1.807) is 27.7 Å². The third kappa shape index (κ3) is 9.34. The molecule has 0 aromatic heterocycles. The second-order valence-electron chi connectivity index (χ2n) is 7.79. The van der Waals surface area contributed by atoms with Gasteiger partial charge >= 0.3 is 12.1 Å². The Labute approximate surface area is 155 Å². The van der Waals surface area contributed by atoms with Gasteiger partial charge in [0.2, 0.25) is 0 Å². The van der Waals surface area contributed by atoms with Gasteiger partial charge in [-0.1, -0.05) is 23.7 Å². The minimum Gasteiger partial charge on any atom is -0.459 e. The second kappa shape index (κ2) is 8.56. The highest BCUT2D eigenvalue weighted by Crippen LogP contribution is 2.20. The Morgan fingerprint density at radius 2 is 1.64 bits per heavy atom. The minimum absolute atomic E-state index is 0.0727. The average Bonchev–Trinajstić information content (AvgIpc) is 2.37. The molecule has 5 nitrogen and oxygen atoms in total. The first-order chi connectivity index (χ1) is 11.4. The summed E-state index contributed by atoms with van der Waals surface area (Å²) in [5.74, 6) is -0.373. The maximum Gasteiger partial charge on any atom is 0.407 e. The van der Waals surface area contributed by atoms with Crippen LogP contribution in [0.25, 0.3) is 0 Å². The molecule has 25 heavy (non-hydrogen) atoms. The number of amides is 1. The molecule has 0 bridgehead atoms. The van der Waals surface area contributed by atoms with Crippen LogP contribution in [-0.2, 0) is 20.7 Å². The zero-order valence-electron chi connectivity index (χ0n) is 15.8. The predicted octanol–water partition coefficient (Wildman–Crippen LogP) is 4.51. The monoisotopic (exact) mass is 369 g/mol. The fourth-order valence-electron chi connectivity index (χ4n) is 2.29. The number of benzene rings is 1. The van der Waals surface area contributed by atoms with Gasteiger partial charge in [0.05, 0.1) is 6.42 Å². The number of carbonyl (C=O) groups excluding carboxylic acids is 2. The van der Waals surface area contributed by atoms with Crippen LogP contribution in [0.5, 0.6) is 0 Å². The maximum atomic E-state index is 12.1. The number of ether oxygens (including phenoxy) is 2. The zero-order valence-corrected chi connectivity index (χ0v) is 16.6. The SMILES string of the molecule is CC(CC(=O)OC(C)(C)Cc1ccc(Cl)cc1)NC(=O)OC(C)(C)C. The number of alkyl carbamates (subject to hydrolysis) is 1. The van der Waals surface area contributed by atoms with Crippen molar-refractivity contribution in [3.05, 3.63) is 34.9 Å². The summed E-state index contributed by atoms with van der Waals surface area (Å²) in [5.41, 5.74) is -0.205. The number of hydrogen-bond acceptors (Lipinski definition) is 4. The van der Waals surface area contributed by atoms with Crippen LogP contribution in [0.3, 0.4) is 0 Å². The van der Waals surface area contributed by atoms with E-state index in [2.05, 4.69) is 5.32 Å². The molecule has 1 rings (SSSR count). The summed E-state index contributed by atoms with van der Waals surface area (Å²) < 4.78 is 10.7. The summed E-state index contributed by atoms with van der Waals surface area (Å²) in [6, 6.07) is 7.05. The highest BCUT2D eigenvalue weighted by Gasteiger charge is 2.25. The van der Waals surface area contributed by atoms with Gasteiger partial charge in [-0.15, -0.1) is 0 Å². The summed E-state index contributed by atoms with van der Waals surface area (Å²) in [5, 5.41) is 3.30. The van der Waals surface area contributed by atoms with Crippen LogP contribution in [-0.4, -0.2) is 29.3 Å². The van der Waals surface area contributed by atoms with Crippen LogP contribution < -0.4 is 5.32 Å². The third-order valence-corrected chi connectivity index (χ3v) is 3.42. The number of esters is 1. The molecule has 0 heterocycles. The van der Waals surface area contributed by atoms with E-state index in [1.165, 1.54) is 0 Å². The van der Waals surface area contributed by atoms with Gasteiger partial charge in [0.25, 0.3) is 0 Å². The summed E-state index contributed by atoms with van der Waals surface area (Å²) in [4.78, 5) is 23.9. The maximum absolute atomic E-state index is 12.1. The Hall–Kier alpha value is -1.75. The van der Waals surface area contributed by atoms with Gasteiger partial charge in [0, 0.05) is 17.5 Å². The molecule has 0 aliphatic rings. The molecule has 6 heteroatoms. The number of hydrogen-bond donors (Lipinski definition) is 1. The molecular formula is C19H28ClNO4. The van der Waals surface area contributed by atoms with Gasteiger partial charge < -0.3 is 14.8 Å². The second-order valence-corrected chi connectivity index (χ2v) is 8.22. The van der Waals surface area contributed by atoms with Crippen molar-refractivity contribution in [2.75, 3.05) is 0 Å². The Morgan fingerprint density at radius 1 is 1.08 bits per heavy atom. The van der Waals surface area contributed by atoms with Crippen molar-refractivity contribution in [3.63, 3.8) is 0 Å². The van der Waals surface area contributed by atoms with Crippen molar-refractivity contribution in [2.45, 2.75) is 71.6 Å². The lowest BCUT2D eigenvalue weighted by Gasteiger charge is -2.26. The number of nitrogens with one attached hydrogen (secondary N) is 1. The Balaban J connectivity index is 2.48. The molecular weight excluding hydrogens is 342 g/mol. The van der Waals surface area contributed by atoms with E-state index in [-0.39, 0.29) is 18.4 Å².